The zero-order chi connectivity index (χ0) is 21.1. The fourth-order valence-electron chi connectivity index (χ4n) is 3.28. The minimum atomic E-state index is -3.78. The van der Waals surface area contributed by atoms with Crippen LogP contribution in [0.15, 0.2) is 59.5 Å². The van der Waals surface area contributed by atoms with E-state index in [1.165, 1.54) is 33.9 Å². The van der Waals surface area contributed by atoms with Crippen LogP contribution >= 0.6 is 11.3 Å². The molecule has 152 valence electrons. The number of benzene rings is 2. The number of rotatable bonds is 4. The molecular formula is C21H18N4O3S2. The molecule has 0 radical (unpaired) electrons. The molecule has 3 aromatic rings. The molecule has 1 aliphatic rings. The Labute approximate surface area is 178 Å². The molecule has 0 unspecified atom stereocenters. The molecule has 0 atom stereocenters. The number of amides is 1. The Morgan fingerprint density at radius 1 is 1.07 bits per heavy atom. The van der Waals surface area contributed by atoms with Gasteiger partial charge >= 0.3 is 0 Å². The van der Waals surface area contributed by atoms with Crippen molar-refractivity contribution in [3.8, 4) is 6.07 Å². The van der Waals surface area contributed by atoms with Crippen molar-refractivity contribution in [1.29, 1.82) is 5.26 Å². The number of thiazole rings is 1. The molecule has 2 aromatic carbocycles. The van der Waals surface area contributed by atoms with E-state index < -0.39 is 10.0 Å². The summed E-state index contributed by atoms with van der Waals surface area (Å²) in [6.07, 6.45) is 3.17. The molecule has 0 spiro atoms. The SMILES string of the molecule is N#Cc1ccccc1S(=O)(=O)N1CCN(C(=O)C=Cc2nc3ccccc3s2)CC1. The number of carbonyl (C=O) groups is 1. The van der Waals surface area contributed by atoms with Gasteiger partial charge in [-0.2, -0.15) is 9.57 Å². The number of aromatic nitrogens is 1. The van der Waals surface area contributed by atoms with Gasteiger partial charge < -0.3 is 4.90 Å². The molecule has 0 bridgehead atoms. The topological polar surface area (TPSA) is 94.4 Å². The zero-order valence-corrected chi connectivity index (χ0v) is 17.6. The van der Waals surface area contributed by atoms with E-state index in [0.29, 0.717) is 0 Å². The fourth-order valence-corrected chi connectivity index (χ4v) is 5.72. The monoisotopic (exact) mass is 438 g/mol. The largest absolute Gasteiger partial charge is 0.337 e. The maximum Gasteiger partial charge on any atom is 0.246 e. The van der Waals surface area contributed by atoms with Crippen LogP contribution in [0.3, 0.4) is 0 Å². The van der Waals surface area contributed by atoms with Gasteiger partial charge in [0.05, 0.1) is 20.7 Å². The standard InChI is InChI=1S/C21H18N4O3S2/c22-15-16-5-1-4-8-19(16)30(27,28)25-13-11-24(12-14-25)21(26)10-9-20-23-17-6-2-3-7-18(17)29-20/h1-10H,11-14H2. The molecule has 1 aromatic heterocycles. The highest BCUT2D eigenvalue weighted by Gasteiger charge is 2.31. The van der Waals surface area contributed by atoms with Crippen LogP contribution < -0.4 is 0 Å². The summed E-state index contributed by atoms with van der Waals surface area (Å²) in [7, 11) is -3.78. The van der Waals surface area contributed by atoms with Crippen LogP contribution in [0.1, 0.15) is 10.6 Å². The molecule has 1 aliphatic heterocycles. The highest BCUT2D eigenvalue weighted by molar-refractivity contribution is 7.89. The number of para-hydroxylation sites is 1. The summed E-state index contributed by atoms with van der Waals surface area (Å²) in [6, 6.07) is 15.9. The number of fused-ring (bicyclic) bond motifs is 1. The second-order valence-electron chi connectivity index (χ2n) is 6.69. The van der Waals surface area contributed by atoms with Crippen molar-refractivity contribution in [3.63, 3.8) is 0 Å². The molecule has 4 rings (SSSR count). The third kappa shape index (κ3) is 3.98. The molecule has 9 heteroatoms. The Hall–Kier alpha value is -3.06. The Morgan fingerprint density at radius 3 is 2.50 bits per heavy atom. The van der Waals surface area contributed by atoms with E-state index in [0.717, 1.165) is 15.2 Å². The lowest BCUT2D eigenvalue weighted by Crippen LogP contribution is -2.50. The summed E-state index contributed by atoms with van der Waals surface area (Å²) in [6.45, 7) is 0.944. The molecule has 1 saturated heterocycles. The first-order valence-electron chi connectivity index (χ1n) is 9.31. The average Bonchev–Trinajstić information content (AvgIpc) is 3.20. The summed E-state index contributed by atoms with van der Waals surface area (Å²) in [5.74, 6) is -0.177. The predicted octanol–water partition coefficient (Wildman–Crippen LogP) is 2.71. The first-order valence-corrected chi connectivity index (χ1v) is 11.6. The fraction of sp³-hybridized carbons (Fsp3) is 0.190. The van der Waals surface area contributed by atoms with Crippen LogP contribution in [0.4, 0.5) is 0 Å². The molecule has 2 heterocycles. The maximum atomic E-state index is 12.9. The number of nitriles is 1. The van der Waals surface area contributed by atoms with Gasteiger partial charge in [-0.25, -0.2) is 13.4 Å². The van der Waals surface area contributed by atoms with Crippen LogP contribution in [-0.2, 0) is 14.8 Å². The summed E-state index contributed by atoms with van der Waals surface area (Å²) < 4.78 is 28.2. The number of nitrogens with zero attached hydrogens (tertiary/aromatic N) is 4. The first kappa shape index (κ1) is 20.2. The van der Waals surface area contributed by atoms with E-state index in [9.17, 15) is 18.5 Å². The molecule has 0 aliphatic carbocycles. The minimum Gasteiger partial charge on any atom is -0.337 e. The van der Waals surface area contributed by atoms with E-state index >= 15 is 0 Å². The highest BCUT2D eigenvalue weighted by Crippen LogP contribution is 2.23. The second kappa shape index (κ2) is 8.36. The van der Waals surface area contributed by atoms with Crippen molar-refractivity contribution in [2.75, 3.05) is 26.2 Å². The van der Waals surface area contributed by atoms with Gasteiger partial charge in [-0.1, -0.05) is 24.3 Å². The van der Waals surface area contributed by atoms with Crippen molar-refractivity contribution < 1.29 is 13.2 Å². The van der Waals surface area contributed by atoms with Crippen LogP contribution in [0, 0.1) is 11.3 Å². The van der Waals surface area contributed by atoms with Crippen molar-refractivity contribution in [2.45, 2.75) is 4.90 Å². The lowest BCUT2D eigenvalue weighted by atomic mass is 10.2. The van der Waals surface area contributed by atoms with E-state index in [1.54, 1.807) is 23.1 Å². The molecule has 1 fully saturated rings. The third-order valence-corrected chi connectivity index (χ3v) is 7.81. The number of piperazine rings is 1. The second-order valence-corrected chi connectivity index (χ2v) is 9.66. The molecule has 0 saturated carbocycles. The van der Waals surface area contributed by atoms with Crippen molar-refractivity contribution in [1.82, 2.24) is 14.2 Å². The summed E-state index contributed by atoms with van der Waals surface area (Å²) in [5, 5.41) is 9.95. The van der Waals surface area contributed by atoms with Gasteiger partial charge in [0.2, 0.25) is 15.9 Å². The van der Waals surface area contributed by atoms with E-state index in [4.69, 9.17) is 0 Å². The molecule has 7 nitrogen and oxygen atoms in total. The number of sulfonamides is 1. The molecule has 0 N–H and O–H groups in total. The van der Waals surface area contributed by atoms with Gasteiger partial charge in [-0.3, -0.25) is 4.79 Å². The Balaban J connectivity index is 1.41. The Morgan fingerprint density at radius 2 is 1.77 bits per heavy atom. The lowest BCUT2D eigenvalue weighted by Gasteiger charge is -2.33. The minimum absolute atomic E-state index is 0.00279. The van der Waals surface area contributed by atoms with E-state index in [-0.39, 0.29) is 42.5 Å². The van der Waals surface area contributed by atoms with Crippen molar-refractivity contribution >= 4 is 43.6 Å². The number of hydrogen-bond acceptors (Lipinski definition) is 6. The van der Waals surface area contributed by atoms with Crippen LogP contribution in [-0.4, -0.2) is 54.7 Å². The average molecular weight is 439 g/mol. The lowest BCUT2D eigenvalue weighted by molar-refractivity contribution is -0.127. The smallest absolute Gasteiger partial charge is 0.246 e. The van der Waals surface area contributed by atoms with Gasteiger partial charge in [0.1, 0.15) is 11.1 Å². The quantitative estimate of drug-likeness (QED) is 0.584. The summed E-state index contributed by atoms with van der Waals surface area (Å²) in [4.78, 5) is 18.6. The maximum absolute atomic E-state index is 12.9. The third-order valence-electron chi connectivity index (χ3n) is 4.85. The highest BCUT2D eigenvalue weighted by atomic mass is 32.2. The predicted molar refractivity (Wildman–Crippen MR) is 115 cm³/mol. The van der Waals surface area contributed by atoms with Crippen LogP contribution in [0.5, 0.6) is 0 Å². The van der Waals surface area contributed by atoms with Gasteiger partial charge in [-0.15, -0.1) is 11.3 Å². The van der Waals surface area contributed by atoms with Crippen molar-refractivity contribution in [3.05, 3.63) is 65.2 Å². The van der Waals surface area contributed by atoms with Gasteiger partial charge in [0, 0.05) is 32.3 Å². The number of carbonyl (C=O) groups excluding carboxylic acids is 1. The summed E-state index contributed by atoms with van der Waals surface area (Å²) in [5.41, 5.74) is 1.01. The van der Waals surface area contributed by atoms with Crippen LogP contribution in [0.2, 0.25) is 0 Å². The molecule has 1 amide bonds. The van der Waals surface area contributed by atoms with Gasteiger partial charge in [-0.05, 0) is 30.3 Å². The van der Waals surface area contributed by atoms with Crippen molar-refractivity contribution in [2.24, 2.45) is 0 Å². The van der Waals surface area contributed by atoms with Gasteiger partial charge in [0.25, 0.3) is 0 Å². The van der Waals surface area contributed by atoms with Crippen LogP contribution in [0.25, 0.3) is 16.3 Å². The molecular weight excluding hydrogens is 420 g/mol. The normalized spacial score (nSPS) is 15.5. The van der Waals surface area contributed by atoms with Gasteiger partial charge in [0.15, 0.2) is 0 Å². The Bertz CT molecular complexity index is 1230. The number of hydrogen-bond donors (Lipinski definition) is 0. The Kier molecular flexibility index (Phi) is 5.63. The zero-order valence-electron chi connectivity index (χ0n) is 15.9. The van der Waals surface area contributed by atoms with E-state index in [2.05, 4.69) is 4.98 Å². The first-order chi connectivity index (χ1) is 14.5. The van der Waals surface area contributed by atoms with E-state index in [1.807, 2.05) is 30.3 Å². The molecule has 30 heavy (non-hydrogen) atoms. The summed E-state index contributed by atoms with van der Waals surface area (Å²) >= 11 is 1.51.